The summed E-state index contributed by atoms with van der Waals surface area (Å²) < 4.78 is 6.98. The topological polar surface area (TPSA) is 27.7 Å². The summed E-state index contributed by atoms with van der Waals surface area (Å²) in [5.74, 6) is 1.78. The molecule has 51 heavy (non-hydrogen) atoms. The third-order valence-electron chi connectivity index (χ3n) is 10.5. The monoisotopic (exact) mass is 650 g/mol. The van der Waals surface area contributed by atoms with E-state index in [-0.39, 0.29) is 0 Å². The fraction of sp³-hybridized carbons (Fsp3) is 0. The van der Waals surface area contributed by atoms with Crippen LogP contribution in [0.4, 0.5) is 0 Å². The fourth-order valence-electron chi connectivity index (χ4n) is 8.33. The van der Waals surface area contributed by atoms with Crippen molar-refractivity contribution in [3.63, 3.8) is 0 Å². The summed E-state index contributed by atoms with van der Waals surface area (Å²) in [5.41, 5.74) is 10.5. The lowest BCUT2D eigenvalue weighted by Gasteiger charge is -2.12. The van der Waals surface area contributed by atoms with E-state index < -0.39 is 0 Å². The van der Waals surface area contributed by atoms with Crippen molar-refractivity contribution >= 4 is 65.4 Å². The maximum Gasteiger partial charge on any atom is 0.140 e. The Morgan fingerprint density at radius 2 is 0.784 bits per heavy atom. The molecule has 11 rings (SSSR count). The number of nitrogens with zero attached hydrogens (tertiary/aromatic N) is 4. The molecule has 0 N–H and O–H groups in total. The molecule has 0 aliphatic carbocycles. The molecule has 4 heteroatoms. The van der Waals surface area contributed by atoms with E-state index in [1.165, 1.54) is 54.5 Å². The van der Waals surface area contributed by atoms with E-state index in [0.29, 0.717) is 0 Å². The first kappa shape index (κ1) is 28.0. The third kappa shape index (κ3) is 4.05. The summed E-state index contributed by atoms with van der Waals surface area (Å²) >= 11 is 0. The van der Waals surface area contributed by atoms with Crippen LogP contribution in [-0.2, 0) is 0 Å². The smallest absolute Gasteiger partial charge is 0.140 e. The van der Waals surface area contributed by atoms with Gasteiger partial charge in [0.2, 0.25) is 0 Å². The van der Waals surface area contributed by atoms with Gasteiger partial charge in [-0.05, 0) is 77.9 Å². The van der Waals surface area contributed by atoms with Crippen LogP contribution in [0.2, 0.25) is 0 Å². The zero-order valence-electron chi connectivity index (χ0n) is 27.6. The second-order valence-corrected chi connectivity index (χ2v) is 13.2. The molecule has 11 aromatic rings. The van der Waals surface area contributed by atoms with Crippen molar-refractivity contribution in [2.75, 3.05) is 0 Å². The van der Waals surface area contributed by atoms with Crippen molar-refractivity contribution in [3.05, 3.63) is 182 Å². The minimum Gasteiger partial charge on any atom is -0.309 e. The number of pyridine rings is 1. The minimum absolute atomic E-state index is 0.888. The maximum absolute atomic E-state index is 5.39. The van der Waals surface area contributed by atoms with Crippen LogP contribution in [0, 0.1) is 0 Å². The first-order valence-electron chi connectivity index (χ1n) is 17.4. The van der Waals surface area contributed by atoms with E-state index in [4.69, 9.17) is 4.98 Å². The quantitative estimate of drug-likeness (QED) is 0.186. The van der Waals surface area contributed by atoms with Crippen molar-refractivity contribution in [2.24, 2.45) is 0 Å². The van der Waals surface area contributed by atoms with Gasteiger partial charge in [0.15, 0.2) is 0 Å². The zero-order valence-corrected chi connectivity index (χ0v) is 27.6. The van der Waals surface area contributed by atoms with Crippen LogP contribution in [-0.4, -0.2) is 18.7 Å². The molecule has 238 valence electrons. The molecule has 4 nitrogen and oxygen atoms in total. The Kier molecular flexibility index (Phi) is 5.92. The Bertz CT molecular complexity index is 3090. The maximum atomic E-state index is 5.39. The predicted octanol–water partition coefficient (Wildman–Crippen LogP) is 12.0. The standard InChI is InChI=1S/C47H30N4/c1-2-14-32(15-3-1)49-39-21-8-6-18-36(39)38-30-31(28-29-43(38)49)33-20-12-25-44-47(33)37-19-7-11-24-42(37)51(44)46-27-13-26-45(48-46)50-40-22-9-4-16-34(40)35-17-5-10-23-41(35)50/h1-30H. The second-order valence-electron chi connectivity index (χ2n) is 13.2. The lowest BCUT2D eigenvalue weighted by Crippen LogP contribution is -2.03. The van der Waals surface area contributed by atoms with Crippen LogP contribution >= 0.6 is 0 Å². The molecule has 0 bridgehead atoms. The number of para-hydroxylation sites is 5. The van der Waals surface area contributed by atoms with Crippen LogP contribution in [0.5, 0.6) is 0 Å². The summed E-state index contributed by atoms with van der Waals surface area (Å²) in [5, 5.41) is 7.38. The zero-order chi connectivity index (χ0) is 33.5. The largest absolute Gasteiger partial charge is 0.309 e. The molecule has 0 atom stereocenters. The summed E-state index contributed by atoms with van der Waals surface area (Å²) in [4.78, 5) is 5.39. The lowest BCUT2D eigenvalue weighted by molar-refractivity contribution is 1.01. The van der Waals surface area contributed by atoms with Gasteiger partial charge in [-0.3, -0.25) is 9.13 Å². The summed E-state index contributed by atoms with van der Waals surface area (Å²) in [6.45, 7) is 0. The normalized spacial score (nSPS) is 11.9. The van der Waals surface area contributed by atoms with Gasteiger partial charge in [0.1, 0.15) is 11.6 Å². The molecule has 4 aromatic heterocycles. The van der Waals surface area contributed by atoms with E-state index >= 15 is 0 Å². The molecule has 0 saturated heterocycles. The molecule has 0 unspecified atom stereocenters. The SMILES string of the molecule is c1ccc(-n2c3ccccc3c3cc(-c4cccc5c4c4ccccc4n5-c4cccc(-n5c6ccccc6c6ccccc65)n4)ccc32)cc1. The Morgan fingerprint density at radius 3 is 1.45 bits per heavy atom. The first-order valence-corrected chi connectivity index (χ1v) is 17.4. The van der Waals surface area contributed by atoms with Gasteiger partial charge < -0.3 is 4.57 Å². The van der Waals surface area contributed by atoms with Gasteiger partial charge in [0.05, 0.1) is 33.1 Å². The summed E-state index contributed by atoms with van der Waals surface area (Å²) in [7, 11) is 0. The Morgan fingerprint density at radius 1 is 0.314 bits per heavy atom. The number of aromatic nitrogens is 4. The number of rotatable bonds is 4. The number of hydrogen-bond acceptors (Lipinski definition) is 1. The highest BCUT2D eigenvalue weighted by Crippen LogP contribution is 2.41. The van der Waals surface area contributed by atoms with Crippen LogP contribution < -0.4 is 0 Å². The summed E-state index contributed by atoms with van der Waals surface area (Å²) in [6, 6.07) is 65.3. The second kappa shape index (κ2) is 10.8. The molecular formula is C47H30N4. The van der Waals surface area contributed by atoms with Gasteiger partial charge in [-0.15, -0.1) is 0 Å². The van der Waals surface area contributed by atoms with Gasteiger partial charge >= 0.3 is 0 Å². The van der Waals surface area contributed by atoms with Crippen LogP contribution in [0.1, 0.15) is 0 Å². The molecule has 0 saturated carbocycles. The van der Waals surface area contributed by atoms with Gasteiger partial charge in [-0.25, -0.2) is 4.98 Å². The molecule has 0 amide bonds. The lowest BCUT2D eigenvalue weighted by atomic mass is 9.98. The fourth-order valence-corrected chi connectivity index (χ4v) is 8.33. The van der Waals surface area contributed by atoms with E-state index in [2.05, 4.69) is 196 Å². The van der Waals surface area contributed by atoms with Crippen LogP contribution in [0.25, 0.3) is 93.9 Å². The molecule has 7 aromatic carbocycles. The van der Waals surface area contributed by atoms with Crippen molar-refractivity contribution in [2.45, 2.75) is 0 Å². The highest BCUT2D eigenvalue weighted by molar-refractivity contribution is 6.17. The molecule has 0 radical (unpaired) electrons. The summed E-state index contributed by atoms with van der Waals surface area (Å²) in [6.07, 6.45) is 0. The van der Waals surface area contributed by atoms with Gasteiger partial charge in [-0.1, -0.05) is 115 Å². The molecule has 0 aliphatic heterocycles. The van der Waals surface area contributed by atoms with Crippen molar-refractivity contribution in [1.82, 2.24) is 18.7 Å². The van der Waals surface area contributed by atoms with E-state index in [1.807, 2.05) is 0 Å². The average molecular weight is 651 g/mol. The van der Waals surface area contributed by atoms with Crippen molar-refractivity contribution in [3.8, 4) is 28.5 Å². The van der Waals surface area contributed by atoms with E-state index in [9.17, 15) is 0 Å². The molecule has 4 heterocycles. The minimum atomic E-state index is 0.888. The Labute approximate surface area is 293 Å². The Hall–Kier alpha value is -6.91. The molecule has 0 spiro atoms. The molecular weight excluding hydrogens is 621 g/mol. The predicted molar refractivity (Wildman–Crippen MR) is 213 cm³/mol. The number of benzene rings is 7. The third-order valence-corrected chi connectivity index (χ3v) is 10.5. The Balaban J connectivity index is 1.14. The number of hydrogen-bond donors (Lipinski definition) is 0. The number of fused-ring (bicyclic) bond motifs is 9. The molecule has 0 aliphatic rings. The highest BCUT2D eigenvalue weighted by Gasteiger charge is 2.20. The molecule has 0 fully saturated rings. The van der Waals surface area contributed by atoms with Crippen molar-refractivity contribution < 1.29 is 0 Å². The van der Waals surface area contributed by atoms with Gasteiger partial charge in [0.25, 0.3) is 0 Å². The van der Waals surface area contributed by atoms with E-state index in [0.717, 1.165) is 39.4 Å². The average Bonchev–Trinajstić information content (AvgIpc) is 3.84. The van der Waals surface area contributed by atoms with Gasteiger partial charge in [-0.2, -0.15) is 0 Å². The van der Waals surface area contributed by atoms with E-state index in [1.54, 1.807) is 0 Å². The highest BCUT2D eigenvalue weighted by atomic mass is 15.1. The van der Waals surface area contributed by atoms with Crippen LogP contribution in [0.15, 0.2) is 182 Å². The van der Waals surface area contributed by atoms with Crippen LogP contribution in [0.3, 0.4) is 0 Å². The first-order chi connectivity index (χ1) is 25.3. The van der Waals surface area contributed by atoms with Crippen molar-refractivity contribution in [1.29, 1.82) is 0 Å². The van der Waals surface area contributed by atoms with Gasteiger partial charge in [0, 0.05) is 38.0 Å².